The number of nitrogens with one attached hydrogen (secondary N) is 2. The predicted molar refractivity (Wildman–Crippen MR) is 95.2 cm³/mol. The molecule has 23 heavy (non-hydrogen) atoms. The van der Waals surface area contributed by atoms with Crippen LogP contribution in [0.15, 0.2) is 29.3 Å². The van der Waals surface area contributed by atoms with Crippen LogP contribution in [0, 0.1) is 0 Å². The van der Waals surface area contributed by atoms with Crippen molar-refractivity contribution in [2.45, 2.75) is 13.0 Å². The van der Waals surface area contributed by atoms with Gasteiger partial charge in [0.2, 0.25) is 0 Å². The molecule has 0 aliphatic carbocycles. The topological polar surface area (TPSA) is 58.1 Å². The molecule has 130 valence electrons. The number of aliphatic imine (C=N–C) groups is 1. The number of ether oxygens (including phenoxy) is 2. The monoisotopic (exact) mass is 322 g/mol. The fourth-order valence-electron chi connectivity index (χ4n) is 2.06. The first-order valence-electron chi connectivity index (χ1n) is 7.94. The first-order chi connectivity index (χ1) is 11.2. The molecule has 0 amide bonds. The van der Waals surface area contributed by atoms with Crippen LogP contribution in [-0.2, 0) is 11.3 Å². The largest absolute Gasteiger partial charge is 0.497 e. The maximum absolute atomic E-state index is 5.16. The standard InChI is InChI=1S/C17H30N4O2/c1-18-17(19-10-5-11-21(2)12-13-22-3)20-14-15-6-8-16(23-4)9-7-15/h6-9H,5,10-14H2,1-4H3,(H2,18,19,20). The Morgan fingerprint density at radius 1 is 1.13 bits per heavy atom. The van der Waals surface area contributed by atoms with Crippen molar-refractivity contribution in [1.29, 1.82) is 0 Å². The Morgan fingerprint density at radius 3 is 2.48 bits per heavy atom. The van der Waals surface area contributed by atoms with E-state index in [1.807, 2.05) is 24.3 Å². The molecule has 0 unspecified atom stereocenters. The lowest BCUT2D eigenvalue weighted by Gasteiger charge is -2.17. The molecule has 0 aliphatic rings. The lowest BCUT2D eigenvalue weighted by atomic mass is 10.2. The van der Waals surface area contributed by atoms with Crippen LogP contribution >= 0.6 is 0 Å². The van der Waals surface area contributed by atoms with Gasteiger partial charge in [0.15, 0.2) is 5.96 Å². The van der Waals surface area contributed by atoms with Crippen LogP contribution in [0.2, 0.25) is 0 Å². The van der Waals surface area contributed by atoms with Gasteiger partial charge >= 0.3 is 0 Å². The minimum atomic E-state index is 0.734. The van der Waals surface area contributed by atoms with E-state index in [0.29, 0.717) is 0 Å². The number of methoxy groups -OCH3 is 2. The smallest absolute Gasteiger partial charge is 0.191 e. The number of rotatable bonds is 10. The molecule has 0 fully saturated rings. The lowest BCUT2D eigenvalue weighted by molar-refractivity contribution is 0.161. The number of benzene rings is 1. The van der Waals surface area contributed by atoms with Crippen molar-refractivity contribution in [2.75, 3.05) is 54.6 Å². The van der Waals surface area contributed by atoms with Gasteiger partial charge in [-0.25, -0.2) is 0 Å². The Balaban J connectivity index is 2.21. The molecule has 0 saturated carbocycles. The Hall–Kier alpha value is -1.79. The van der Waals surface area contributed by atoms with Crippen molar-refractivity contribution < 1.29 is 9.47 Å². The van der Waals surface area contributed by atoms with Crippen LogP contribution in [0.4, 0.5) is 0 Å². The Morgan fingerprint density at radius 2 is 1.87 bits per heavy atom. The molecule has 1 rings (SSSR count). The van der Waals surface area contributed by atoms with E-state index in [9.17, 15) is 0 Å². The van der Waals surface area contributed by atoms with Crippen LogP contribution in [-0.4, -0.2) is 65.4 Å². The Labute approximate surface area is 139 Å². The molecule has 6 heteroatoms. The number of hydrogen-bond acceptors (Lipinski definition) is 4. The maximum atomic E-state index is 5.16. The molecule has 0 atom stereocenters. The molecule has 2 N–H and O–H groups in total. The van der Waals surface area contributed by atoms with E-state index in [4.69, 9.17) is 9.47 Å². The van der Waals surface area contributed by atoms with Gasteiger partial charge in [-0.05, 0) is 37.7 Å². The van der Waals surface area contributed by atoms with Gasteiger partial charge in [-0.1, -0.05) is 12.1 Å². The quantitative estimate of drug-likeness (QED) is 0.387. The number of guanidine groups is 1. The van der Waals surface area contributed by atoms with E-state index in [2.05, 4.69) is 27.6 Å². The van der Waals surface area contributed by atoms with Crippen LogP contribution in [0.3, 0.4) is 0 Å². The molecular weight excluding hydrogens is 292 g/mol. The third-order valence-electron chi connectivity index (χ3n) is 3.53. The molecule has 0 aromatic heterocycles. The molecule has 1 aromatic rings. The van der Waals surface area contributed by atoms with Gasteiger partial charge in [-0.3, -0.25) is 4.99 Å². The average Bonchev–Trinajstić information content (AvgIpc) is 2.59. The average molecular weight is 322 g/mol. The third-order valence-corrected chi connectivity index (χ3v) is 3.53. The second kappa shape index (κ2) is 11.7. The number of hydrogen-bond donors (Lipinski definition) is 2. The van der Waals surface area contributed by atoms with Crippen LogP contribution in [0.1, 0.15) is 12.0 Å². The fraction of sp³-hybridized carbons (Fsp3) is 0.588. The summed E-state index contributed by atoms with van der Waals surface area (Å²) in [5, 5.41) is 6.64. The molecular formula is C17H30N4O2. The highest BCUT2D eigenvalue weighted by Crippen LogP contribution is 2.10. The van der Waals surface area contributed by atoms with Gasteiger partial charge in [0.1, 0.15) is 5.75 Å². The molecule has 6 nitrogen and oxygen atoms in total. The van der Waals surface area contributed by atoms with Crippen molar-refractivity contribution in [1.82, 2.24) is 15.5 Å². The Kier molecular flexibility index (Phi) is 9.83. The summed E-state index contributed by atoms with van der Waals surface area (Å²) in [6.07, 6.45) is 1.06. The first-order valence-corrected chi connectivity index (χ1v) is 7.94. The summed E-state index contributed by atoms with van der Waals surface area (Å²) in [6, 6.07) is 8.01. The normalized spacial score (nSPS) is 11.6. The summed E-state index contributed by atoms with van der Waals surface area (Å²) >= 11 is 0. The highest BCUT2D eigenvalue weighted by Gasteiger charge is 2.00. The first kappa shape index (κ1) is 19.3. The highest BCUT2D eigenvalue weighted by atomic mass is 16.5. The van der Waals surface area contributed by atoms with Crippen molar-refractivity contribution in [3.8, 4) is 5.75 Å². The molecule has 0 bridgehead atoms. The second-order valence-electron chi connectivity index (χ2n) is 5.35. The number of likely N-dealkylation sites (N-methyl/N-ethyl adjacent to an activating group) is 1. The molecule has 0 heterocycles. The van der Waals surface area contributed by atoms with Gasteiger partial charge in [0.25, 0.3) is 0 Å². The highest BCUT2D eigenvalue weighted by molar-refractivity contribution is 5.79. The predicted octanol–water partition coefficient (Wildman–Crippen LogP) is 1.33. The maximum Gasteiger partial charge on any atom is 0.191 e. The van der Waals surface area contributed by atoms with Gasteiger partial charge in [-0.2, -0.15) is 0 Å². The van der Waals surface area contributed by atoms with Gasteiger partial charge in [-0.15, -0.1) is 0 Å². The summed E-state index contributed by atoms with van der Waals surface area (Å²) in [5.74, 6) is 1.69. The minimum Gasteiger partial charge on any atom is -0.497 e. The Bertz CT molecular complexity index is 448. The lowest BCUT2D eigenvalue weighted by Crippen LogP contribution is -2.38. The van der Waals surface area contributed by atoms with Gasteiger partial charge in [0, 0.05) is 33.8 Å². The molecule has 0 spiro atoms. The van der Waals surface area contributed by atoms with Crippen LogP contribution < -0.4 is 15.4 Å². The summed E-state index contributed by atoms with van der Waals surface area (Å²) in [6.45, 7) is 4.39. The van der Waals surface area contributed by atoms with E-state index in [0.717, 1.165) is 50.9 Å². The second-order valence-corrected chi connectivity index (χ2v) is 5.35. The van der Waals surface area contributed by atoms with Gasteiger partial charge < -0.3 is 25.0 Å². The van der Waals surface area contributed by atoms with Crippen molar-refractivity contribution in [3.63, 3.8) is 0 Å². The molecule has 0 aliphatic heterocycles. The van der Waals surface area contributed by atoms with E-state index in [-0.39, 0.29) is 0 Å². The molecule has 0 radical (unpaired) electrons. The van der Waals surface area contributed by atoms with E-state index in [1.165, 1.54) is 5.56 Å². The zero-order chi connectivity index (χ0) is 16.9. The van der Waals surface area contributed by atoms with Crippen molar-refractivity contribution >= 4 is 5.96 Å². The minimum absolute atomic E-state index is 0.734. The van der Waals surface area contributed by atoms with Crippen LogP contribution in [0.5, 0.6) is 5.75 Å². The fourth-order valence-corrected chi connectivity index (χ4v) is 2.06. The third kappa shape index (κ3) is 8.42. The molecule has 0 saturated heterocycles. The summed E-state index contributed by atoms with van der Waals surface area (Å²) in [5.41, 5.74) is 1.19. The zero-order valence-corrected chi connectivity index (χ0v) is 14.8. The van der Waals surface area contributed by atoms with Crippen molar-refractivity contribution in [2.24, 2.45) is 4.99 Å². The van der Waals surface area contributed by atoms with E-state index in [1.54, 1.807) is 21.3 Å². The number of nitrogens with zero attached hydrogens (tertiary/aromatic N) is 2. The summed E-state index contributed by atoms with van der Waals surface area (Å²) < 4.78 is 10.2. The summed E-state index contributed by atoms with van der Waals surface area (Å²) in [4.78, 5) is 6.50. The SMILES string of the molecule is CN=C(NCCCN(C)CCOC)NCc1ccc(OC)cc1. The van der Waals surface area contributed by atoms with E-state index >= 15 is 0 Å². The van der Waals surface area contributed by atoms with E-state index < -0.39 is 0 Å². The molecule has 1 aromatic carbocycles. The zero-order valence-electron chi connectivity index (χ0n) is 14.8. The van der Waals surface area contributed by atoms with Crippen molar-refractivity contribution in [3.05, 3.63) is 29.8 Å². The van der Waals surface area contributed by atoms with Gasteiger partial charge in [0.05, 0.1) is 13.7 Å². The van der Waals surface area contributed by atoms with Crippen LogP contribution in [0.25, 0.3) is 0 Å². The summed E-state index contributed by atoms with van der Waals surface area (Å²) in [7, 11) is 7.30.